The van der Waals surface area contributed by atoms with Gasteiger partial charge in [-0.05, 0) is 31.4 Å². The summed E-state index contributed by atoms with van der Waals surface area (Å²) in [4.78, 5) is 21.4. The summed E-state index contributed by atoms with van der Waals surface area (Å²) in [5.41, 5.74) is 1.08. The van der Waals surface area contributed by atoms with Gasteiger partial charge in [-0.2, -0.15) is 0 Å². The maximum atomic E-state index is 12.7. The molecule has 1 aromatic rings. The minimum absolute atomic E-state index is 0.0215. The minimum atomic E-state index is -0.0215. The van der Waals surface area contributed by atoms with Crippen molar-refractivity contribution in [1.29, 1.82) is 0 Å². The summed E-state index contributed by atoms with van der Waals surface area (Å²) in [6, 6.07) is 5.96. The molecule has 5 heteroatoms. The van der Waals surface area contributed by atoms with Crippen molar-refractivity contribution < 1.29 is 9.53 Å². The van der Waals surface area contributed by atoms with Crippen LogP contribution in [0, 0.1) is 0 Å². The first-order chi connectivity index (χ1) is 10.8. The molecule has 0 N–H and O–H groups in total. The summed E-state index contributed by atoms with van der Waals surface area (Å²) in [5.74, 6) is 0.290. The molecule has 0 bridgehead atoms. The second-order valence-corrected chi connectivity index (χ2v) is 6.21. The van der Waals surface area contributed by atoms with Gasteiger partial charge < -0.3 is 9.64 Å². The van der Waals surface area contributed by atoms with Crippen LogP contribution in [0.25, 0.3) is 0 Å². The highest BCUT2D eigenvalue weighted by atomic mass is 16.5. The van der Waals surface area contributed by atoms with Gasteiger partial charge in [0.25, 0.3) is 0 Å². The van der Waals surface area contributed by atoms with Crippen molar-refractivity contribution in [2.75, 3.05) is 33.3 Å². The normalized spacial score (nSPS) is 25.8. The predicted octanol–water partition coefficient (Wildman–Crippen LogP) is 1.34. The number of aromatic nitrogens is 1. The summed E-state index contributed by atoms with van der Waals surface area (Å²) in [7, 11) is 1.74. The van der Waals surface area contributed by atoms with Crippen LogP contribution in [0.4, 0.5) is 0 Å². The molecule has 5 nitrogen and oxygen atoms in total. The van der Waals surface area contributed by atoms with E-state index in [0.717, 1.165) is 57.6 Å². The lowest BCUT2D eigenvalue weighted by molar-refractivity contribution is -0.134. The summed E-state index contributed by atoms with van der Waals surface area (Å²) >= 11 is 0. The number of nitrogens with zero attached hydrogens (tertiary/aromatic N) is 3. The van der Waals surface area contributed by atoms with Gasteiger partial charge in [0.15, 0.2) is 0 Å². The number of ether oxygens (including phenoxy) is 1. The van der Waals surface area contributed by atoms with Crippen LogP contribution >= 0.6 is 0 Å². The zero-order valence-corrected chi connectivity index (χ0v) is 13.3. The van der Waals surface area contributed by atoms with E-state index in [0.29, 0.717) is 0 Å². The zero-order chi connectivity index (χ0) is 15.4. The van der Waals surface area contributed by atoms with E-state index in [4.69, 9.17) is 4.74 Å². The summed E-state index contributed by atoms with van der Waals surface area (Å²) in [6.45, 7) is 3.54. The average molecular weight is 303 g/mol. The Morgan fingerprint density at radius 1 is 1.36 bits per heavy atom. The first-order valence-corrected chi connectivity index (χ1v) is 8.23. The van der Waals surface area contributed by atoms with E-state index in [-0.39, 0.29) is 18.1 Å². The van der Waals surface area contributed by atoms with E-state index in [9.17, 15) is 4.79 Å². The monoisotopic (exact) mass is 303 g/mol. The van der Waals surface area contributed by atoms with E-state index in [2.05, 4.69) is 9.88 Å². The largest absolute Gasteiger partial charge is 0.380 e. The first kappa shape index (κ1) is 15.4. The van der Waals surface area contributed by atoms with Crippen molar-refractivity contribution in [2.24, 2.45) is 0 Å². The van der Waals surface area contributed by atoms with Crippen LogP contribution in [0.5, 0.6) is 0 Å². The molecule has 0 aliphatic carbocycles. The molecule has 2 aliphatic heterocycles. The maximum absolute atomic E-state index is 12.7. The van der Waals surface area contributed by atoms with Crippen molar-refractivity contribution in [3.05, 3.63) is 30.1 Å². The van der Waals surface area contributed by atoms with Crippen LogP contribution in [-0.4, -0.2) is 66.1 Å². The molecule has 22 heavy (non-hydrogen) atoms. The molecular weight excluding hydrogens is 278 g/mol. The van der Waals surface area contributed by atoms with Crippen molar-refractivity contribution in [1.82, 2.24) is 14.8 Å². The van der Waals surface area contributed by atoms with E-state index < -0.39 is 0 Å². The number of hydrogen-bond acceptors (Lipinski definition) is 4. The Morgan fingerprint density at radius 3 is 2.86 bits per heavy atom. The third kappa shape index (κ3) is 3.47. The Balaban J connectivity index is 1.62. The molecule has 120 valence electrons. The number of hydrogen-bond donors (Lipinski definition) is 0. The van der Waals surface area contributed by atoms with E-state index in [1.54, 1.807) is 7.11 Å². The second kappa shape index (κ2) is 7.20. The highest BCUT2D eigenvalue weighted by Gasteiger charge is 2.39. The zero-order valence-electron chi connectivity index (χ0n) is 13.3. The lowest BCUT2D eigenvalue weighted by atomic mass is 10.1. The molecule has 2 saturated heterocycles. The molecule has 0 saturated carbocycles. The van der Waals surface area contributed by atoms with Crippen LogP contribution in [-0.2, 0) is 16.0 Å². The van der Waals surface area contributed by atoms with Gasteiger partial charge in [0.1, 0.15) is 0 Å². The molecule has 1 amide bonds. The molecule has 0 spiro atoms. The Hall–Kier alpha value is -1.46. The Kier molecular flexibility index (Phi) is 5.05. The Bertz CT molecular complexity index is 488. The Labute approximate surface area is 132 Å². The highest BCUT2D eigenvalue weighted by Crippen LogP contribution is 2.23. The standard InChI is InChI=1S/C17H25N3O2/c1-22-15-12-16(17(21)19-9-4-5-10-19)20(13-15)11-7-14-6-2-3-8-18-14/h2-3,6,8,15-16H,4-5,7,9-13H2,1H3/t15-,16-/m0/s1. The second-order valence-electron chi connectivity index (χ2n) is 6.21. The average Bonchev–Trinajstić information content (AvgIpc) is 3.23. The minimum Gasteiger partial charge on any atom is -0.380 e. The summed E-state index contributed by atoms with van der Waals surface area (Å²) in [6.07, 6.45) is 5.96. The summed E-state index contributed by atoms with van der Waals surface area (Å²) in [5, 5.41) is 0. The van der Waals surface area contributed by atoms with Gasteiger partial charge in [0, 0.05) is 51.6 Å². The number of carbonyl (C=O) groups excluding carboxylic acids is 1. The van der Waals surface area contributed by atoms with Gasteiger partial charge in [-0.3, -0.25) is 14.7 Å². The maximum Gasteiger partial charge on any atom is 0.240 e. The van der Waals surface area contributed by atoms with Crippen molar-refractivity contribution >= 4 is 5.91 Å². The topological polar surface area (TPSA) is 45.7 Å². The molecule has 0 aromatic carbocycles. The fourth-order valence-corrected chi connectivity index (χ4v) is 3.49. The highest BCUT2D eigenvalue weighted by molar-refractivity contribution is 5.82. The number of amides is 1. The Morgan fingerprint density at radius 2 is 2.18 bits per heavy atom. The number of pyridine rings is 1. The van der Waals surface area contributed by atoms with E-state index in [1.165, 1.54) is 0 Å². The van der Waals surface area contributed by atoms with Gasteiger partial charge in [0.05, 0.1) is 12.1 Å². The predicted molar refractivity (Wildman–Crippen MR) is 84.5 cm³/mol. The van der Waals surface area contributed by atoms with Gasteiger partial charge in [0.2, 0.25) is 5.91 Å². The SMILES string of the molecule is CO[C@H]1C[C@@H](C(=O)N2CCCC2)N(CCc2ccccn2)C1. The van der Waals surface area contributed by atoms with Crippen LogP contribution in [0.2, 0.25) is 0 Å². The fraction of sp³-hybridized carbons (Fsp3) is 0.647. The first-order valence-electron chi connectivity index (χ1n) is 8.23. The van der Waals surface area contributed by atoms with Gasteiger partial charge in [-0.25, -0.2) is 0 Å². The van der Waals surface area contributed by atoms with Gasteiger partial charge in [-0.15, -0.1) is 0 Å². The molecule has 3 heterocycles. The van der Waals surface area contributed by atoms with Crippen LogP contribution in [0.15, 0.2) is 24.4 Å². The molecule has 2 fully saturated rings. The fourth-order valence-electron chi connectivity index (χ4n) is 3.49. The van der Waals surface area contributed by atoms with Crippen molar-refractivity contribution in [3.63, 3.8) is 0 Å². The number of likely N-dealkylation sites (tertiary alicyclic amines) is 2. The number of carbonyl (C=O) groups is 1. The van der Waals surface area contributed by atoms with Gasteiger partial charge in [-0.1, -0.05) is 6.07 Å². The molecule has 1 aromatic heterocycles. The third-order valence-electron chi connectivity index (χ3n) is 4.78. The van der Waals surface area contributed by atoms with E-state index in [1.807, 2.05) is 29.3 Å². The van der Waals surface area contributed by atoms with Gasteiger partial charge >= 0.3 is 0 Å². The number of methoxy groups -OCH3 is 1. The smallest absolute Gasteiger partial charge is 0.240 e. The molecule has 3 rings (SSSR count). The van der Waals surface area contributed by atoms with Crippen LogP contribution in [0.3, 0.4) is 0 Å². The summed E-state index contributed by atoms with van der Waals surface area (Å²) < 4.78 is 5.51. The van der Waals surface area contributed by atoms with Crippen molar-refractivity contribution in [3.8, 4) is 0 Å². The third-order valence-corrected chi connectivity index (χ3v) is 4.78. The number of rotatable bonds is 5. The van der Waals surface area contributed by atoms with Crippen LogP contribution in [0.1, 0.15) is 25.0 Å². The quantitative estimate of drug-likeness (QED) is 0.823. The molecule has 2 aliphatic rings. The molecule has 0 unspecified atom stereocenters. The van der Waals surface area contributed by atoms with E-state index >= 15 is 0 Å². The molecular formula is C17H25N3O2. The van der Waals surface area contributed by atoms with Crippen LogP contribution < -0.4 is 0 Å². The molecule has 0 radical (unpaired) electrons. The van der Waals surface area contributed by atoms with Crippen molar-refractivity contribution in [2.45, 2.75) is 37.8 Å². The molecule has 2 atom stereocenters. The lowest BCUT2D eigenvalue weighted by Gasteiger charge is -2.27. The lowest BCUT2D eigenvalue weighted by Crippen LogP contribution is -2.45.